The van der Waals surface area contributed by atoms with Crippen molar-refractivity contribution in [2.24, 2.45) is 5.92 Å². The van der Waals surface area contributed by atoms with Gasteiger partial charge in [-0.1, -0.05) is 167 Å². The number of para-hydroxylation sites is 1. The molecule has 0 spiro atoms. The second kappa shape index (κ2) is 16.2. The standard InChI is InChI=1S/C58H61N3O/c1-37(2)29-38-25-26-51(47(30-38)40-21-16-13-17-22-40)61-52-24-18-23-46(53(52)60-55(61)48-35-45(57(6,7)8)36-49(54(48)62)58(9,10)11)42-31-43(33-44(32-42)56(3,4)5)50-34-41(27-28-59-50)39-19-14-12-15-20-39/h12-28,30-37,62H,29H2,1-11H3. The van der Waals surface area contributed by atoms with E-state index >= 15 is 0 Å². The van der Waals surface area contributed by atoms with Gasteiger partial charge in [0.05, 0.1) is 28.0 Å². The van der Waals surface area contributed by atoms with Crippen molar-refractivity contribution < 1.29 is 5.11 Å². The number of benzene rings is 6. The van der Waals surface area contributed by atoms with Gasteiger partial charge in [-0.2, -0.15) is 0 Å². The molecule has 8 rings (SSSR count). The first-order valence-electron chi connectivity index (χ1n) is 22.1. The number of phenolic OH excluding ortho intramolecular Hbond substituents is 1. The summed E-state index contributed by atoms with van der Waals surface area (Å²) in [5.41, 5.74) is 16.1. The van der Waals surface area contributed by atoms with Crippen molar-refractivity contribution in [3.05, 3.63) is 168 Å². The lowest BCUT2D eigenvalue weighted by molar-refractivity contribution is 0.446. The summed E-state index contributed by atoms with van der Waals surface area (Å²) in [5, 5.41) is 12.5. The molecule has 8 aromatic rings. The summed E-state index contributed by atoms with van der Waals surface area (Å²) in [4.78, 5) is 10.6. The predicted octanol–water partition coefficient (Wildman–Crippen LogP) is 15.6. The molecule has 4 heteroatoms. The Bertz CT molecular complexity index is 2900. The monoisotopic (exact) mass is 815 g/mol. The number of nitrogens with zero attached hydrogens (tertiary/aromatic N) is 3. The zero-order valence-corrected chi connectivity index (χ0v) is 38.4. The van der Waals surface area contributed by atoms with Crippen LogP contribution in [0.5, 0.6) is 5.75 Å². The van der Waals surface area contributed by atoms with Crippen LogP contribution >= 0.6 is 0 Å². The summed E-state index contributed by atoms with van der Waals surface area (Å²) in [6.07, 6.45) is 2.89. The summed E-state index contributed by atoms with van der Waals surface area (Å²) >= 11 is 0. The molecule has 0 amide bonds. The van der Waals surface area contributed by atoms with Crippen LogP contribution in [0.25, 0.3) is 72.7 Å². The Hall–Kier alpha value is -6.26. The lowest BCUT2D eigenvalue weighted by Gasteiger charge is -2.27. The van der Waals surface area contributed by atoms with E-state index in [1.165, 1.54) is 11.1 Å². The van der Waals surface area contributed by atoms with Gasteiger partial charge in [0.2, 0.25) is 0 Å². The van der Waals surface area contributed by atoms with Crippen LogP contribution in [-0.2, 0) is 22.7 Å². The van der Waals surface area contributed by atoms with Crippen molar-refractivity contribution in [3.8, 4) is 67.5 Å². The largest absolute Gasteiger partial charge is 0.507 e. The molecule has 6 aromatic carbocycles. The zero-order valence-electron chi connectivity index (χ0n) is 38.4. The number of aromatic nitrogens is 3. The second-order valence-electron chi connectivity index (χ2n) is 20.5. The van der Waals surface area contributed by atoms with Crippen LogP contribution in [0.4, 0.5) is 0 Å². The van der Waals surface area contributed by atoms with Crippen LogP contribution in [0.2, 0.25) is 0 Å². The number of fused-ring (bicyclic) bond motifs is 1. The van der Waals surface area contributed by atoms with Crippen LogP contribution in [0.15, 0.2) is 146 Å². The normalized spacial score (nSPS) is 12.4. The van der Waals surface area contributed by atoms with E-state index in [0.29, 0.717) is 11.7 Å². The molecule has 0 bridgehead atoms. The van der Waals surface area contributed by atoms with Gasteiger partial charge in [0.25, 0.3) is 0 Å². The highest BCUT2D eigenvalue weighted by molar-refractivity contribution is 5.98. The molecule has 314 valence electrons. The van der Waals surface area contributed by atoms with Gasteiger partial charge >= 0.3 is 0 Å². The Balaban J connectivity index is 1.45. The minimum Gasteiger partial charge on any atom is -0.507 e. The molecular formula is C58H61N3O. The minimum absolute atomic E-state index is 0.134. The minimum atomic E-state index is -0.314. The molecule has 0 saturated heterocycles. The lowest BCUT2D eigenvalue weighted by Crippen LogP contribution is -2.17. The number of pyridine rings is 1. The van der Waals surface area contributed by atoms with Gasteiger partial charge in [0.1, 0.15) is 11.6 Å². The van der Waals surface area contributed by atoms with Gasteiger partial charge in [-0.05, 0) is 116 Å². The van der Waals surface area contributed by atoms with E-state index in [1.54, 1.807) is 0 Å². The molecule has 0 aliphatic rings. The van der Waals surface area contributed by atoms with E-state index in [1.807, 2.05) is 6.20 Å². The van der Waals surface area contributed by atoms with E-state index < -0.39 is 0 Å². The van der Waals surface area contributed by atoms with Crippen molar-refractivity contribution in [2.45, 2.75) is 98.8 Å². The summed E-state index contributed by atoms with van der Waals surface area (Å²) in [7, 11) is 0. The quantitative estimate of drug-likeness (QED) is 0.166. The van der Waals surface area contributed by atoms with E-state index in [2.05, 4.69) is 220 Å². The molecule has 2 aromatic heterocycles. The Morgan fingerprint density at radius 2 is 1.18 bits per heavy atom. The average Bonchev–Trinajstić information content (AvgIpc) is 3.62. The van der Waals surface area contributed by atoms with Gasteiger partial charge < -0.3 is 5.11 Å². The van der Waals surface area contributed by atoms with Crippen LogP contribution < -0.4 is 0 Å². The Labute approximate surface area is 369 Å². The van der Waals surface area contributed by atoms with Crippen molar-refractivity contribution >= 4 is 11.0 Å². The molecule has 62 heavy (non-hydrogen) atoms. The number of hydrogen-bond donors (Lipinski definition) is 1. The third-order valence-corrected chi connectivity index (χ3v) is 12.0. The zero-order chi connectivity index (χ0) is 44.1. The smallest absolute Gasteiger partial charge is 0.149 e. The van der Waals surface area contributed by atoms with Crippen LogP contribution in [0.1, 0.15) is 98.4 Å². The topological polar surface area (TPSA) is 50.9 Å². The van der Waals surface area contributed by atoms with Crippen molar-refractivity contribution in [1.29, 1.82) is 0 Å². The van der Waals surface area contributed by atoms with Crippen molar-refractivity contribution in [3.63, 3.8) is 0 Å². The number of aromatic hydroxyl groups is 1. The lowest BCUT2D eigenvalue weighted by atomic mass is 9.79. The molecule has 2 heterocycles. The second-order valence-corrected chi connectivity index (χ2v) is 20.5. The van der Waals surface area contributed by atoms with Crippen molar-refractivity contribution in [1.82, 2.24) is 14.5 Å². The van der Waals surface area contributed by atoms with Gasteiger partial charge in [-0.3, -0.25) is 9.55 Å². The Kier molecular flexibility index (Phi) is 11.1. The van der Waals surface area contributed by atoms with Crippen LogP contribution in [0.3, 0.4) is 0 Å². The predicted molar refractivity (Wildman–Crippen MR) is 262 cm³/mol. The molecule has 0 atom stereocenters. The maximum absolute atomic E-state index is 12.5. The SMILES string of the molecule is CC(C)Cc1ccc(-n2c(-c3cc(C(C)(C)C)cc(C(C)(C)C)c3O)nc3c(-c4cc(-c5cc(-c6ccccc6)ccn5)cc(C(C)(C)C)c4)cccc32)c(-c2ccccc2)c1. The van der Waals surface area contributed by atoms with E-state index in [9.17, 15) is 5.11 Å². The molecule has 4 nitrogen and oxygen atoms in total. The fraction of sp³-hybridized carbons (Fsp3) is 0.276. The van der Waals surface area contributed by atoms with E-state index in [-0.39, 0.29) is 22.0 Å². The number of hydrogen-bond acceptors (Lipinski definition) is 3. The molecule has 1 N–H and O–H groups in total. The summed E-state index contributed by atoms with van der Waals surface area (Å²) < 4.78 is 2.30. The van der Waals surface area contributed by atoms with Gasteiger partial charge in [-0.15, -0.1) is 0 Å². The molecule has 0 fully saturated rings. The molecule has 0 unspecified atom stereocenters. The maximum atomic E-state index is 12.5. The number of rotatable bonds is 8. The Morgan fingerprint density at radius 1 is 0.532 bits per heavy atom. The van der Waals surface area contributed by atoms with Crippen molar-refractivity contribution in [2.75, 3.05) is 0 Å². The first-order chi connectivity index (χ1) is 29.4. The third kappa shape index (κ3) is 8.48. The molecular weight excluding hydrogens is 755 g/mol. The first kappa shape index (κ1) is 42.4. The van der Waals surface area contributed by atoms with Gasteiger partial charge in [0, 0.05) is 28.5 Å². The molecule has 0 radical (unpaired) electrons. The summed E-state index contributed by atoms with van der Waals surface area (Å²) in [6, 6.07) is 50.1. The fourth-order valence-corrected chi connectivity index (χ4v) is 8.55. The summed E-state index contributed by atoms with van der Waals surface area (Å²) in [6.45, 7) is 24.6. The molecule has 0 aliphatic carbocycles. The van der Waals surface area contributed by atoms with E-state index in [0.717, 1.165) is 84.5 Å². The maximum Gasteiger partial charge on any atom is 0.149 e. The highest BCUT2D eigenvalue weighted by atomic mass is 16.3. The molecule has 0 saturated carbocycles. The average molecular weight is 816 g/mol. The third-order valence-electron chi connectivity index (χ3n) is 12.0. The fourth-order valence-electron chi connectivity index (χ4n) is 8.55. The molecule has 0 aliphatic heterocycles. The number of imidazole rings is 1. The first-order valence-corrected chi connectivity index (χ1v) is 22.1. The highest BCUT2D eigenvalue weighted by Gasteiger charge is 2.29. The number of phenols is 1. The van der Waals surface area contributed by atoms with Gasteiger partial charge in [-0.25, -0.2) is 4.98 Å². The van der Waals surface area contributed by atoms with Crippen LogP contribution in [-0.4, -0.2) is 19.6 Å². The Morgan fingerprint density at radius 3 is 1.82 bits per heavy atom. The van der Waals surface area contributed by atoms with Gasteiger partial charge in [0.15, 0.2) is 0 Å². The highest BCUT2D eigenvalue weighted by Crippen LogP contribution is 2.46. The van der Waals surface area contributed by atoms with Crippen LogP contribution in [0, 0.1) is 5.92 Å². The summed E-state index contributed by atoms with van der Waals surface area (Å²) in [5.74, 6) is 1.48. The van der Waals surface area contributed by atoms with E-state index in [4.69, 9.17) is 9.97 Å².